The largest absolute Gasteiger partial charge is 0.478 e. The highest BCUT2D eigenvalue weighted by atomic mass is 32.2. The fraction of sp³-hybridized carbons (Fsp3) is 0.500. The number of aromatic carboxylic acids is 1. The first-order chi connectivity index (χ1) is 9.44. The Morgan fingerprint density at radius 3 is 2.80 bits per heavy atom. The van der Waals surface area contributed by atoms with E-state index in [1.807, 2.05) is 11.0 Å². The average Bonchev–Trinajstić information content (AvgIpc) is 2.44. The number of rotatable bonds is 5. The number of anilines is 1. The van der Waals surface area contributed by atoms with Crippen LogP contribution in [0.3, 0.4) is 0 Å². The summed E-state index contributed by atoms with van der Waals surface area (Å²) < 4.78 is 23.2. The van der Waals surface area contributed by atoms with Crippen molar-refractivity contribution in [1.82, 2.24) is 0 Å². The van der Waals surface area contributed by atoms with Crippen LogP contribution in [0.25, 0.3) is 0 Å². The van der Waals surface area contributed by atoms with Gasteiger partial charge < -0.3 is 10.0 Å². The monoisotopic (exact) mass is 297 g/mol. The molecule has 1 heterocycles. The molecule has 0 aliphatic carbocycles. The van der Waals surface area contributed by atoms with E-state index in [4.69, 9.17) is 0 Å². The predicted octanol–water partition coefficient (Wildman–Crippen LogP) is 1.57. The molecule has 0 radical (unpaired) electrons. The summed E-state index contributed by atoms with van der Waals surface area (Å²) in [6, 6.07) is 5.20. The van der Waals surface area contributed by atoms with Crippen molar-refractivity contribution in [1.29, 1.82) is 0 Å². The first kappa shape index (κ1) is 14.8. The second kappa shape index (κ2) is 5.83. The Hall–Kier alpha value is -1.56. The Morgan fingerprint density at radius 1 is 1.40 bits per heavy atom. The van der Waals surface area contributed by atoms with Crippen LogP contribution in [0, 0.1) is 0 Å². The lowest BCUT2D eigenvalue weighted by Gasteiger charge is -2.32. The fourth-order valence-electron chi connectivity index (χ4n) is 2.53. The summed E-state index contributed by atoms with van der Waals surface area (Å²) in [6.45, 7) is 2.84. The summed E-state index contributed by atoms with van der Waals surface area (Å²) in [6.07, 6.45) is 1.58. The van der Waals surface area contributed by atoms with Crippen LogP contribution >= 0.6 is 0 Å². The fourth-order valence-corrected chi connectivity index (χ4v) is 3.31. The second-order valence-corrected chi connectivity index (χ2v) is 7.41. The highest BCUT2D eigenvalue weighted by Gasteiger charge is 2.22. The maximum absolute atomic E-state index is 11.6. The molecule has 1 aromatic rings. The van der Waals surface area contributed by atoms with Crippen LogP contribution in [0.2, 0.25) is 0 Å². The minimum absolute atomic E-state index is 0.111. The molecular weight excluding hydrogens is 278 g/mol. The zero-order chi connectivity index (χ0) is 14.8. The Kier molecular flexibility index (Phi) is 4.32. The van der Waals surface area contributed by atoms with Crippen LogP contribution in [0.1, 0.15) is 29.3 Å². The first-order valence-corrected chi connectivity index (χ1v) is 8.57. The summed E-state index contributed by atoms with van der Waals surface area (Å²) in [5.74, 6) is -0.673. The van der Waals surface area contributed by atoms with Gasteiger partial charge in [-0.25, -0.2) is 13.2 Å². The lowest BCUT2D eigenvalue weighted by Crippen LogP contribution is -2.34. The van der Waals surface area contributed by atoms with Gasteiger partial charge in [0.05, 0.1) is 11.3 Å². The molecule has 1 N–H and O–H groups in total. The topological polar surface area (TPSA) is 74.7 Å². The molecule has 1 aromatic carbocycles. The number of nitrogens with zero attached hydrogens (tertiary/aromatic N) is 1. The molecule has 110 valence electrons. The number of hydrogen-bond donors (Lipinski definition) is 1. The second-order valence-electron chi connectivity index (χ2n) is 4.94. The molecule has 1 aliphatic heterocycles. The summed E-state index contributed by atoms with van der Waals surface area (Å²) in [7, 11) is -3.01. The lowest BCUT2D eigenvalue weighted by atomic mass is 9.96. The van der Waals surface area contributed by atoms with Crippen LogP contribution in [0.5, 0.6) is 0 Å². The molecular formula is C14H19NO4S. The predicted molar refractivity (Wildman–Crippen MR) is 78.3 cm³/mol. The third-order valence-electron chi connectivity index (χ3n) is 3.69. The summed E-state index contributed by atoms with van der Waals surface area (Å²) >= 11 is 0. The normalized spacial score (nSPS) is 14.9. The van der Waals surface area contributed by atoms with E-state index in [-0.39, 0.29) is 11.5 Å². The number of sulfone groups is 1. The third-order valence-corrected chi connectivity index (χ3v) is 5.37. The summed E-state index contributed by atoms with van der Waals surface area (Å²) in [5.41, 5.74) is 2.01. The molecule has 0 atom stereocenters. The first-order valence-electron chi connectivity index (χ1n) is 6.75. The van der Waals surface area contributed by atoms with Crippen molar-refractivity contribution in [3.05, 3.63) is 29.3 Å². The Morgan fingerprint density at radius 2 is 2.15 bits per heavy atom. The SMILES string of the molecule is CCS(=O)(=O)CCN1CCCc2c(C(=O)O)cccc21. The minimum Gasteiger partial charge on any atom is -0.478 e. The number of fused-ring (bicyclic) bond motifs is 1. The molecule has 20 heavy (non-hydrogen) atoms. The molecule has 0 fully saturated rings. The van der Waals surface area contributed by atoms with Crippen molar-refractivity contribution >= 4 is 21.5 Å². The van der Waals surface area contributed by atoms with E-state index < -0.39 is 15.8 Å². The van der Waals surface area contributed by atoms with Crippen molar-refractivity contribution in [2.75, 3.05) is 29.5 Å². The van der Waals surface area contributed by atoms with Gasteiger partial charge in [0.15, 0.2) is 9.84 Å². The van der Waals surface area contributed by atoms with Crippen LogP contribution in [0.15, 0.2) is 18.2 Å². The molecule has 0 spiro atoms. The number of hydrogen-bond acceptors (Lipinski definition) is 4. The van der Waals surface area contributed by atoms with E-state index in [9.17, 15) is 18.3 Å². The van der Waals surface area contributed by atoms with E-state index in [0.29, 0.717) is 12.1 Å². The van der Waals surface area contributed by atoms with Gasteiger partial charge >= 0.3 is 5.97 Å². The Labute approximate surface area is 119 Å². The van der Waals surface area contributed by atoms with Gasteiger partial charge in [-0.15, -0.1) is 0 Å². The summed E-state index contributed by atoms with van der Waals surface area (Å²) in [4.78, 5) is 13.2. The van der Waals surface area contributed by atoms with Gasteiger partial charge in [-0.3, -0.25) is 0 Å². The van der Waals surface area contributed by atoms with Crippen molar-refractivity contribution in [2.24, 2.45) is 0 Å². The van der Waals surface area contributed by atoms with Crippen LogP contribution in [-0.4, -0.2) is 44.1 Å². The lowest BCUT2D eigenvalue weighted by molar-refractivity contribution is 0.0695. The quantitative estimate of drug-likeness (QED) is 0.893. The molecule has 0 saturated heterocycles. The van der Waals surface area contributed by atoms with Gasteiger partial charge in [0.25, 0.3) is 0 Å². The molecule has 5 nitrogen and oxygen atoms in total. The molecule has 0 aromatic heterocycles. The summed E-state index contributed by atoms with van der Waals surface area (Å²) in [5, 5.41) is 9.21. The van der Waals surface area contributed by atoms with Crippen molar-refractivity contribution < 1.29 is 18.3 Å². The highest BCUT2D eigenvalue weighted by Crippen LogP contribution is 2.29. The van der Waals surface area contributed by atoms with E-state index in [0.717, 1.165) is 30.6 Å². The number of carbonyl (C=O) groups is 1. The Bertz CT molecular complexity index is 610. The third kappa shape index (κ3) is 3.12. The molecule has 1 aliphatic rings. The molecule has 6 heteroatoms. The molecule has 0 bridgehead atoms. The number of benzene rings is 1. The molecule has 0 unspecified atom stereocenters. The van der Waals surface area contributed by atoms with Gasteiger partial charge in [0.2, 0.25) is 0 Å². The minimum atomic E-state index is -3.01. The van der Waals surface area contributed by atoms with E-state index in [1.165, 1.54) is 0 Å². The maximum Gasteiger partial charge on any atom is 0.336 e. The molecule has 0 saturated carbocycles. The van der Waals surface area contributed by atoms with Crippen LogP contribution in [0.4, 0.5) is 5.69 Å². The van der Waals surface area contributed by atoms with Gasteiger partial charge in [-0.2, -0.15) is 0 Å². The standard InChI is InChI=1S/C14H19NO4S/c1-2-20(18,19)10-9-15-8-4-6-11-12(14(16)17)5-3-7-13(11)15/h3,5,7H,2,4,6,8-10H2,1H3,(H,16,17). The van der Waals surface area contributed by atoms with Gasteiger partial charge in [-0.1, -0.05) is 13.0 Å². The van der Waals surface area contributed by atoms with Crippen LogP contribution in [-0.2, 0) is 16.3 Å². The average molecular weight is 297 g/mol. The molecule has 0 amide bonds. The smallest absolute Gasteiger partial charge is 0.336 e. The zero-order valence-electron chi connectivity index (χ0n) is 11.5. The molecule has 2 rings (SSSR count). The van der Waals surface area contributed by atoms with E-state index in [1.54, 1.807) is 19.1 Å². The Balaban J connectivity index is 2.25. The van der Waals surface area contributed by atoms with Gasteiger partial charge in [0.1, 0.15) is 0 Å². The van der Waals surface area contributed by atoms with E-state index >= 15 is 0 Å². The van der Waals surface area contributed by atoms with Gasteiger partial charge in [-0.05, 0) is 30.5 Å². The maximum atomic E-state index is 11.6. The van der Waals surface area contributed by atoms with Crippen molar-refractivity contribution in [2.45, 2.75) is 19.8 Å². The van der Waals surface area contributed by atoms with Gasteiger partial charge in [0, 0.05) is 24.5 Å². The van der Waals surface area contributed by atoms with Crippen molar-refractivity contribution in [3.8, 4) is 0 Å². The number of carboxylic acids is 1. The van der Waals surface area contributed by atoms with E-state index in [2.05, 4.69) is 0 Å². The highest BCUT2D eigenvalue weighted by molar-refractivity contribution is 7.91. The number of carboxylic acid groups (broad SMARTS) is 1. The van der Waals surface area contributed by atoms with Crippen molar-refractivity contribution in [3.63, 3.8) is 0 Å². The zero-order valence-corrected chi connectivity index (χ0v) is 12.3. The van der Waals surface area contributed by atoms with Crippen LogP contribution < -0.4 is 4.90 Å².